The normalized spacial score (nSPS) is 10.8. The first-order valence-corrected chi connectivity index (χ1v) is 5.53. The molecule has 19 heavy (non-hydrogen) atoms. The maximum Gasteiger partial charge on any atom is 0.246 e. The molecule has 0 aliphatic rings. The Balaban J connectivity index is 2.11. The fraction of sp³-hybridized carbons (Fsp3) is 0. The van der Waals surface area contributed by atoms with Crippen LogP contribution in [-0.4, -0.2) is 26.4 Å². The van der Waals surface area contributed by atoms with Crippen LogP contribution in [0.2, 0.25) is 5.15 Å². The third-order valence-electron chi connectivity index (χ3n) is 2.10. The van der Waals surface area contributed by atoms with E-state index in [9.17, 15) is 5.11 Å². The first-order valence-electron chi connectivity index (χ1n) is 5.16. The number of rotatable bonds is 3. The van der Waals surface area contributed by atoms with E-state index in [0.717, 1.165) is 0 Å². The Bertz CT molecular complexity index is 612. The lowest BCUT2D eigenvalue weighted by atomic mass is 10.2. The maximum absolute atomic E-state index is 9.53. The number of hydrogen-bond acceptors (Lipinski definition) is 7. The summed E-state index contributed by atoms with van der Waals surface area (Å²) < 4.78 is 0. The Kier molecular flexibility index (Phi) is 3.67. The molecule has 1 aromatic heterocycles. The van der Waals surface area contributed by atoms with E-state index >= 15 is 0 Å². The van der Waals surface area contributed by atoms with Crippen molar-refractivity contribution in [3.8, 4) is 11.5 Å². The number of benzene rings is 1. The molecule has 2 aromatic rings. The van der Waals surface area contributed by atoms with Gasteiger partial charge in [0.25, 0.3) is 0 Å². The van der Waals surface area contributed by atoms with Crippen LogP contribution in [0.3, 0.4) is 0 Å². The molecule has 0 aliphatic heterocycles. The minimum atomic E-state index is -0.0999. The summed E-state index contributed by atoms with van der Waals surface area (Å²) in [7, 11) is 0. The van der Waals surface area contributed by atoms with Crippen LogP contribution in [0.25, 0.3) is 0 Å². The number of phenols is 2. The molecule has 0 saturated carbocycles. The molecule has 7 nitrogen and oxygen atoms in total. The van der Waals surface area contributed by atoms with Crippen LogP contribution >= 0.6 is 11.6 Å². The SMILES string of the molecule is Nc1cc(Cl)nc(NN=Cc2ccc(O)cc2O)n1. The second-order valence-corrected chi connectivity index (χ2v) is 3.94. The van der Waals surface area contributed by atoms with Crippen molar-refractivity contribution in [1.82, 2.24) is 9.97 Å². The molecule has 0 radical (unpaired) electrons. The first kappa shape index (κ1) is 12.9. The molecule has 0 spiro atoms. The Labute approximate surface area is 113 Å². The predicted octanol–water partition coefficient (Wildman–Crippen LogP) is 1.57. The molecule has 0 aliphatic carbocycles. The highest BCUT2D eigenvalue weighted by atomic mass is 35.5. The summed E-state index contributed by atoms with van der Waals surface area (Å²) in [5, 5.41) is 22.7. The van der Waals surface area contributed by atoms with Gasteiger partial charge in [-0.05, 0) is 12.1 Å². The molecule has 2 rings (SSSR count). The number of nitrogen functional groups attached to an aromatic ring is 1. The summed E-state index contributed by atoms with van der Waals surface area (Å²) in [4.78, 5) is 7.71. The van der Waals surface area contributed by atoms with Crippen molar-refractivity contribution >= 4 is 29.6 Å². The first-order chi connectivity index (χ1) is 9.04. The number of aromatic nitrogens is 2. The molecule has 1 aromatic carbocycles. The van der Waals surface area contributed by atoms with E-state index in [1.54, 1.807) is 0 Å². The molecule has 0 saturated heterocycles. The lowest BCUT2D eigenvalue weighted by molar-refractivity contribution is 0.450. The number of hydrogen-bond donors (Lipinski definition) is 4. The fourth-order valence-corrected chi connectivity index (χ4v) is 1.48. The lowest BCUT2D eigenvalue weighted by Gasteiger charge is -2.01. The highest BCUT2D eigenvalue weighted by molar-refractivity contribution is 6.29. The highest BCUT2D eigenvalue weighted by Gasteiger charge is 2.01. The predicted molar refractivity (Wildman–Crippen MR) is 72.4 cm³/mol. The van der Waals surface area contributed by atoms with Crippen molar-refractivity contribution in [3.05, 3.63) is 35.0 Å². The van der Waals surface area contributed by atoms with Crippen LogP contribution in [0, 0.1) is 0 Å². The zero-order valence-corrected chi connectivity index (χ0v) is 10.3. The van der Waals surface area contributed by atoms with E-state index in [0.29, 0.717) is 5.56 Å². The van der Waals surface area contributed by atoms with Crippen molar-refractivity contribution in [2.24, 2.45) is 5.10 Å². The second-order valence-electron chi connectivity index (χ2n) is 3.55. The number of nitrogens with two attached hydrogens (primary N) is 1. The van der Waals surface area contributed by atoms with Crippen LogP contribution in [-0.2, 0) is 0 Å². The van der Waals surface area contributed by atoms with E-state index in [1.807, 2.05) is 0 Å². The smallest absolute Gasteiger partial charge is 0.246 e. The van der Waals surface area contributed by atoms with Gasteiger partial charge in [-0.3, -0.25) is 0 Å². The van der Waals surface area contributed by atoms with E-state index in [2.05, 4.69) is 20.5 Å². The van der Waals surface area contributed by atoms with Gasteiger partial charge < -0.3 is 15.9 Å². The van der Waals surface area contributed by atoms with E-state index in [-0.39, 0.29) is 28.4 Å². The molecule has 5 N–H and O–H groups in total. The summed E-state index contributed by atoms with van der Waals surface area (Å²) in [6, 6.07) is 5.54. The monoisotopic (exact) mass is 279 g/mol. The molecule has 1 heterocycles. The summed E-state index contributed by atoms with van der Waals surface area (Å²) >= 11 is 5.70. The number of anilines is 2. The largest absolute Gasteiger partial charge is 0.508 e. The van der Waals surface area contributed by atoms with E-state index in [1.165, 1.54) is 30.5 Å². The van der Waals surface area contributed by atoms with Gasteiger partial charge >= 0.3 is 0 Å². The lowest BCUT2D eigenvalue weighted by Crippen LogP contribution is -2.00. The molecular formula is C11H10ClN5O2. The maximum atomic E-state index is 9.53. The summed E-state index contributed by atoms with van der Waals surface area (Å²) in [6.07, 6.45) is 1.34. The third-order valence-corrected chi connectivity index (χ3v) is 2.29. The van der Waals surface area contributed by atoms with Crippen molar-refractivity contribution < 1.29 is 10.2 Å². The molecule has 0 amide bonds. The number of nitrogens with zero attached hydrogens (tertiary/aromatic N) is 3. The Morgan fingerprint density at radius 3 is 2.74 bits per heavy atom. The number of hydrazone groups is 1. The van der Waals surface area contributed by atoms with Gasteiger partial charge in [-0.2, -0.15) is 15.1 Å². The molecule has 0 fully saturated rings. The van der Waals surface area contributed by atoms with Gasteiger partial charge in [-0.1, -0.05) is 11.6 Å². The number of halogens is 1. The van der Waals surface area contributed by atoms with Gasteiger partial charge in [0, 0.05) is 17.7 Å². The molecule has 0 unspecified atom stereocenters. The Morgan fingerprint density at radius 1 is 1.26 bits per heavy atom. The van der Waals surface area contributed by atoms with Gasteiger partial charge in [-0.15, -0.1) is 0 Å². The van der Waals surface area contributed by atoms with Gasteiger partial charge in [-0.25, -0.2) is 5.43 Å². The molecule has 98 valence electrons. The van der Waals surface area contributed by atoms with Gasteiger partial charge in [0.1, 0.15) is 22.5 Å². The topological polar surface area (TPSA) is 117 Å². The summed E-state index contributed by atoms with van der Waals surface area (Å²) in [5.74, 6) is 0.218. The summed E-state index contributed by atoms with van der Waals surface area (Å²) in [5.41, 5.74) is 8.43. The van der Waals surface area contributed by atoms with Gasteiger partial charge in [0.2, 0.25) is 5.95 Å². The second kappa shape index (κ2) is 5.40. The average Bonchev–Trinajstić information content (AvgIpc) is 2.30. The minimum absolute atomic E-state index is 0.0337. The van der Waals surface area contributed by atoms with Crippen LogP contribution in [0.15, 0.2) is 29.4 Å². The van der Waals surface area contributed by atoms with Crippen LogP contribution in [0.5, 0.6) is 11.5 Å². The van der Waals surface area contributed by atoms with Crippen molar-refractivity contribution in [3.63, 3.8) is 0 Å². The van der Waals surface area contributed by atoms with Gasteiger partial charge in [0.15, 0.2) is 0 Å². The quantitative estimate of drug-likeness (QED) is 0.385. The van der Waals surface area contributed by atoms with Crippen molar-refractivity contribution in [2.45, 2.75) is 0 Å². The van der Waals surface area contributed by atoms with Crippen LogP contribution < -0.4 is 11.2 Å². The van der Waals surface area contributed by atoms with Crippen molar-refractivity contribution in [1.29, 1.82) is 0 Å². The van der Waals surface area contributed by atoms with Crippen molar-refractivity contribution in [2.75, 3.05) is 11.2 Å². The van der Waals surface area contributed by atoms with Gasteiger partial charge in [0.05, 0.1) is 6.21 Å². The number of aromatic hydroxyl groups is 2. The fourth-order valence-electron chi connectivity index (χ4n) is 1.29. The highest BCUT2D eigenvalue weighted by Crippen LogP contribution is 2.20. The Hall–Kier alpha value is -2.54. The minimum Gasteiger partial charge on any atom is -0.508 e. The van der Waals surface area contributed by atoms with Crippen LogP contribution in [0.1, 0.15) is 5.56 Å². The number of phenolic OH excluding ortho intramolecular Hbond substituents is 2. The molecule has 0 bridgehead atoms. The number of nitrogens with one attached hydrogen (secondary N) is 1. The molecular weight excluding hydrogens is 270 g/mol. The summed E-state index contributed by atoms with van der Waals surface area (Å²) in [6.45, 7) is 0. The van der Waals surface area contributed by atoms with E-state index < -0.39 is 0 Å². The molecule has 8 heteroatoms. The average molecular weight is 280 g/mol. The zero-order chi connectivity index (χ0) is 13.8. The third kappa shape index (κ3) is 3.46. The molecule has 0 atom stereocenters. The van der Waals surface area contributed by atoms with Crippen LogP contribution in [0.4, 0.5) is 11.8 Å². The zero-order valence-electron chi connectivity index (χ0n) is 9.58. The Morgan fingerprint density at radius 2 is 2.05 bits per heavy atom. The van der Waals surface area contributed by atoms with E-state index in [4.69, 9.17) is 22.4 Å². The standard InChI is InChI=1S/C11H10ClN5O2/c12-9-4-10(13)16-11(15-9)17-14-5-6-1-2-7(18)3-8(6)19/h1-5,18-19H,(H3,13,15,16,17).